The van der Waals surface area contributed by atoms with Crippen LogP contribution >= 0.6 is 12.2 Å². The van der Waals surface area contributed by atoms with Crippen molar-refractivity contribution in [3.8, 4) is 0 Å². The number of benzene rings is 1. The number of rotatable bonds is 5. The van der Waals surface area contributed by atoms with Crippen molar-refractivity contribution in [3.63, 3.8) is 0 Å². The Labute approximate surface area is 168 Å². The second kappa shape index (κ2) is 8.59. The Hall–Kier alpha value is -2.97. The average Bonchev–Trinajstić information content (AvgIpc) is 2.96. The average molecular weight is 423 g/mol. The number of carbonyl (C=O) groups is 1. The first kappa shape index (κ1) is 20.8. The Morgan fingerprint density at radius 3 is 2.48 bits per heavy atom. The molecule has 0 saturated carbocycles. The second-order valence-electron chi connectivity index (χ2n) is 6.11. The van der Waals surface area contributed by atoms with Gasteiger partial charge in [0.1, 0.15) is 24.1 Å². The number of aliphatic hydroxyl groups is 3. The summed E-state index contributed by atoms with van der Waals surface area (Å²) in [6.45, 7) is -0.474. The van der Waals surface area contributed by atoms with Crippen molar-refractivity contribution in [2.75, 3.05) is 17.2 Å². The van der Waals surface area contributed by atoms with Crippen LogP contribution in [0.15, 0.2) is 36.5 Å². The van der Waals surface area contributed by atoms with Gasteiger partial charge in [-0.2, -0.15) is 0 Å². The Bertz CT molecular complexity index is 967. The fourth-order valence-corrected chi connectivity index (χ4v) is 2.99. The van der Waals surface area contributed by atoms with Gasteiger partial charge in [0.2, 0.25) is 4.77 Å². The normalized spacial score (nSPS) is 23.6. The van der Waals surface area contributed by atoms with Crippen LogP contribution in [-0.2, 0) is 4.74 Å². The molecule has 12 nitrogen and oxygen atoms in total. The first-order valence-electron chi connectivity index (χ1n) is 8.34. The maximum Gasteiger partial charge on any atom is 0.324 e. The number of urea groups is 1. The molecule has 0 spiro atoms. The number of aromatic nitrogens is 2. The summed E-state index contributed by atoms with van der Waals surface area (Å²) < 4.78 is 6.64. The molecule has 0 bridgehead atoms. The van der Waals surface area contributed by atoms with Crippen LogP contribution in [0.25, 0.3) is 0 Å². The molecule has 1 aromatic heterocycles. The standard InChI is InChI=1S/C16H17N5O7S/c22-7-10-12(23)13(24)14(28-10)20-6-5-11(19-16(20)29)18-15(25)17-8-1-3-9(4-2-8)21(26)27/h1-6,10,12-14,22-24H,7H2,(H2,17,18,19,25,29). The van der Waals surface area contributed by atoms with Crippen molar-refractivity contribution in [1.29, 1.82) is 0 Å². The molecule has 0 radical (unpaired) electrons. The van der Waals surface area contributed by atoms with Gasteiger partial charge in [-0.15, -0.1) is 0 Å². The number of non-ortho nitro benzene ring substituents is 1. The maximum absolute atomic E-state index is 12.1. The van der Waals surface area contributed by atoms with Gasteiger partial charge in [0.15, 0.2) is 6.23 Å². The van der Waals surface area contributed by atoms with E-state index in [1.165, 1.54) is 41.1 Å². The molecule has 3 rings (SSSR count). The Kier molecular flexibility index (Phi) is 6.14. The number of hydrogen-bond acceptors (Lipinski definition) is 9. The highest BCUT2D eigenvalue weighted by atomic mass is 32.1. The molecule has 154 valence electrons. The summed E-state index contributed by atoms with van der Waals surface area (Å²) >= 11 is 5.14. The molecule has 1 fully saturated rings. The minimum Gasteiger partial charge on any atom is -0.394 e. The summed E-state index contributed by atoms with van der Waals surface area (Å²) in [7, 11) is 0. The van der Waals surface area contributed by atoms with Gasteiger partial charge in [0, 0.05) is 24.0 Å². The number of nitrogens with zero attached hydrogens (tertiary/aromatic N) is 3. The molecule has 1 aliphatic heterocycles. The van der Waals surface area contributed by atoms with E-state index < -0.39 is 42.1 Å². The molecule has 1 aromatic carbocycles. The van der Waals surface area contributed by atoms with E-state index in [0.29, 0.717) is 5.69 Å². The minimum atomic E-state index is -1.31. The summed E-state index contributed by atoms with van der Waals surface area (Å²) in [6.07, 6.45) is -3.17. The lowest BCUT2D eigenvalue weighted by Crippen LogP contribution is -2.33. The number of anilines is 2. The summed E-state index contributed by atoms with van der Waals surface area (Å²) in [5.74, 6) is 0.109. The van der Waals surface area contributed by atoms with Gasteiger partial charge in [0.05, 0.1) is 11.5 Å². The van der Waals surface area contributed by atoms with E-state index in [-0.39, 0.29) is 16.3 Å². The molecule has 13 heteroatoms. The molecule has 2 heterocycles. The van der Waals surface area contributed by atoms with E-state index in [2.05, 4.69) is 15.6 Å². The molecule has 29 heavy (non-hydrogen) atoms. The van der Waals surface area contributed by atoms with Crippen molar-refractivity contribution in [3.05, 3.63) is 51.4 Å². The molecule has 2 amide bonds. The van der Waals surface area contributed by atoms with E-state index in [9.17, 15) is 25.1 Å². The van der Waals surface area contributed by atoms with Crippen LogP contribution in [0.3, 0.4) is 0 Å². The minimum absolute atomic E-state index is 0.0343. The lowest BCUT2D eigenvalue weighted by Gasteiger charge is -2.18. The van der Waals surface area contributed by atoms with E-state index >= 15 is 0 Å². The lowest BCUT2D eigenvalue weighted by molar-refractivity contribution is -0.384. The zero-order valence-corrected chi connectivity index (χ0v) is 15.5. The number of hydrogen-bond donors (Lipinski definition) is 5. The van der Waals surface area contributed by atoms with Crippen molar-refractivity contribution in [2.24, 2.45) is 0 Å². The van der Waals surface area contributed by atoms with Gasteiger partial charge < -0.3 is 25.4 Å². The van der Waals surface area contributed by atoms with E-state index in [4.69, 9.17) is 22.1 Å². The predicted molar refractivity (Wildman–Crippen MR) is 102 cm³/mol. The van der Waals surface area contributed by atoms with Gasteiger partial charge in [0.25, 0.3) is 5.69 Å². The van der Waals surface area contributed by atoms with E-state index in [1.807, 2.05) is 0 Å². The van der Waals surface area contributed by atoms with E-state index in [1.54, 1.807) is 0 Å². The molecular formula is C16H17N5O7S. The summed E-state index contributed by atoms with van der Waals surface area (Å²) in [6, 6.07) is 6.02. The van der Waals surface area contributed by atoms with Gasteiger partial charge in [-0.3, -0.25) is 20.0 Å². The fraction of sp³-hybridized carbons (Fsp3) is 0.312. The molecule has 5 N–H and O–H groups in total. The largest absolute Gasteiger partial charge is 0.394 e. The molecule has 2 aromatic rings. The molecule has 1 saturated heterocycles. The molecule has 1 aliphatic rings. The molecule has 0 aliphatic carbocycles. The first-order valence-corrected chi connectivity index (χ1v) is 8.75. The number of nitro groups is 1. The first-order chi connectivity index (χ1) is 13.8. The number of nitro benzene ring substituents is 1. The van der Waals surface area contributed by atoms with Crippen LogP contribution in [0.2, 0.25) is 0 Å². The third kappa shape index (κ3) is 4.55. The third-order valence-corrected chi connectivity index (χ3v) is 4.50. The zero-order valence-electron chi connectivity index (χ0n) is 14.7. The number of aliphatic hydroxyl groups excluding tert-OH is 3. The predicted octanol–water partition coefficient (Wildman–Crippen LogP) is 0.776. The van der Waals surface area contributed by atoms with Crippen molar-refractivity contribution in [2.45, 2.75) is 24.5 Å². The number of amides is 2. The topological polar surface area (TPSA) is 172 Å². The van der Waals surface area contributed by atoms with Gasteiger partial charge in [-0.05, 0) is 30.4 Å². The fourth-order valence-electron chi connectivity index (χ4n) is 2.73. The van der Waals surface area contributed by atoms with Crippen LogP contribution in [0.1, 0.15) is 6.23 Å². The second-order valence-corrected chi connectivity index (χ2v) is 6.48. The highest BCUT2D eigenvalue weighted by Crippen LogP contribution is 2.29. The maximum atomic E-state index is 12.1. The van der Waals surface area contributed by atoms with Crippen LogP contribution < -0.4 is 10.6 Å². The summed E-state index contributed by atoms with van der Waals surface area (Å²) in [5, 5.41) is 44.7. The van der Waals surface area contributed by atoms with Gasteiger partial charge in [-0.25, -0.2) is 9.78 Å². The SMILES string of the molecule is O=C(Nc1ccc([N+](=O)[O-])cc1)Nc1ccn(C2OC(CO)C(O)C2O)c(=S)n1. The number of ether oxygens (including phenoxy) is 1. The lowest BCUT2D eigenvalue weighted by atomic mass is 10.1. The Morgan fingerprint density at radius 1 is 1.24 bits per heavy atom. The van der Waals surface area contributed by atoms with Crippen molar-refractivity contribution >= 4 is 35.4 Å². The molecule has 4 atom stereocenters. The molecule has 4 unspecified atom stereocenters. The number of carbonyl (C=O) groups excluding carboxylic acids is 1. The number of nitrogens with one attached hydrogen (secondary N) is 2. The summed E-state index contributed by atoms with van der Waals surface area (Å²) in [5.41, 5.74) is 0.232. The van der Waals surface area contributed by atoms with Crippen LogP contribution in [0.5, 0.6) is 0 Å². The Balaban J connectivity index is 1.66. The molecular weight excluding hydrogens is 406 g/mol. The van der Waals surface area contributed by atoms with Gasteiger partial charge in [-0.1, -0.05) is 0 Å². The zero-order chi connectivity index (χ0) is 21.1. The van der Waals surface area contributed by atoms with Crippen LogP contribution in [-0.4, -0.2) is 60.7 Å². The summed E-state index contributed by atoms with van der Waals surface area (Å²) in [4.78, 5) is 26.2. The highest BCUT2D eigenvalue weighted by Gasteiger charge is 2.43. The van der Waals surface area contributed by atoms with Crippen molar-refractivity contribution in [1.82, 2.24) is 9.55 Å². The third-order valence-electron chi connectivity index (χ3n) is 4.20. The smallest absolute Gasteiger partial charge is 0.324 e. The highest BCUT2D eigenvalue weighted by molar-refractivity contribution is 7.71. The Morgan fingerprint density at radius 2 is 1.93 bits per heavy atom. The van der Waals surface area contributed by atoms with Gasteiger partial charge >= 0.3 is 6.03 Å². The quantitative estimate of drug-likeness (QED) is 0.265. The van der Waals surface area contributed by atoms with Crippen LogP contribution in [0.4, 0.5) is 22.0 Å². The van der Waals surface area contributed by atoms with E-state index in [0.717, 1.165) is 0 Å². The monoisotopic (exact) mass is 423 g/mol. The van der Waals surface area contributed by atoms with Crippen molar-refractivity contribution < 1.29 is 29.8 Å². The van der Waals surface area contributed by atoms with Crippen LogP contribution in [0, 0.1) is 14.9 Å².